The highest BCUT2D eigenvalue weighted by Gasteiger charge is 2.38. The van der Waals surface area contributed by atoms with Crippen molar-refractivity contribution >= 4 is 11.7 Å². The molecule has 1 aromatic rings. The summed E-state index contributed by atoms with van der Waals surface area (Å²) in [6.07, 6.45) is -9.74. The van der Waals surface area contributed by atoms with Gasteiger partial charge in [-0.1, -0.05) is 0 Å². The van der Waals surface area contributed by atoms with E-state index in [4.69, 9.17) is 15.6 Å². The standard InChI is InChI=1S/C7H5F4N.C2HF3O2/c8-6-3-4(12)1-2-5(6)7(9,10)11;3-2(4,5)1(6)7/h1-3H,12H2;(H,6,7). The first-order chi connectivity index (χ1) is 8.35. The predicted molar refractivity (Wildman–Crippen MR) is 49.5 cm³/mol. The van der Waals surface area contributed by atoms with Crippen molar-refractivity contribution in [2.75, 3.05) is 5.73 Å². The fraction of sp³-hybridized carbons (Fsp3) is 0.222. The Hall–Kier alpha value is -2.00. The lowest BCUT2D eigenvalue weighted by Crippen LogP contribution is -2.21. The van der Waals surface area contributed by atoms with Gasteiger partial charge in [0.05, 0.1) is 5.56 Å². The number of halogens is 7. The second-order valence-corrected chi connectivity index (χ2v) is 3.04. The van der Waals surface area contributed by atoms with Crippen LogP contribution in [0.5, 0.6) is 0 Å². The van der Waals surface area contributed by atoms with Crippen molar-refractivity contribution in [2.24, 2.45) is 0 Å². The molecule has 1 rings (SSSR count). The van der Waals surface area contributed by atoms with Gasteiger partial charge in [-0.25, -0.2) is 9.18 Å². The second kappa shape index (κ2) is 5.76. The molecule has 0 saturated carbocycles. The number of carbonyl (C=O) groups is 1. The predicted octanol–water partition coefficient (Wildman–Crippen LogP) is 3.06. The van der Waals surface area contributed by atoms with Gasteiger partial charge in [0, 0.05) is 5.69 Å². The quantitative estimate of drug-likeness (QED) is 0.571. The van der Waals surface area contributed by atoms with E-state index in [1.807, 2.05) is 0 Å². The number of aliphatic carboxylic acids is 1. The number of hydrogen-bond acceptors (Lipinski definition) is 2. The Morgan fingerprint density at radius 3 is 1.79 bits per heavy atom. The van der Waals surface area contributed by atoms with E-state index in [0.717, 1.165) is 6.07 Å². The van der Waals surface area contributed by atoms with Crippen LogP contribution in [0.1, 0.15) is 5.56 Å². The molecule has 3 N–H and O–H groups in total. The third-order valence-electron chi connectivity index (χ3n) is 1.54. The highest BCUT2D eigenvalue weighted by atomic mass is 19.4. The third-order valence-corrected chi connectivity index (χ3v) is 1.54. The number of alkyl halides is 6. The number of anilines is 1. The van der Waals surface area contributed by atoms with Crippen LogP contribution in [-0.4, -0.2) is 17.3 Å². The molecule has 0 bridgehead atoms. The van der Waals surface area contributed by atoms with Crippen LogP contribution in [0.4, 0.5) is 36.4 Å². The zero-order chi connectivity index (χ0) is 15.4. The topological polar surface area (TPSA) is 63.3 Å². The Morgan fingerprint density at radius 2 is 1.53 bits per heavy atom. The van der Waals surface area contributed by atoms with E-state index in [-0.39, 0.29) is 5.69 Å². The molecular weight excluding hydrogens is 287 g/mol. The number of rotatable bonds is 0. The molecule has 1 aromatic carbocycles. The average molecular weight is 293 g/mol. The molecule has 0 unspecified atom stereocenters. The zero-order valence-electron chi connectivity index (χ0n) is 8.81. The van der Waals surface area contributed by atoms with Crippen molar-refractivity contribution in [1.82, 2.24) is 0 Å². The number of benzene rings is 1. The van der Waals surface area contributed by atoms with Gasteiger partial charge >= 0.3 is 18.3 Å². The second-order valence-electron chi connectivity index (χ2n) is 3.04. The molecule has 0 fully saturated rings. The maximum absolute atomic E-state index is 12.5. The minimum Gasteiger partial charge on any atom is -0.475 e. The Labute approximate surface area is 101 Å². The Bertz CT molecular complexity index is 453. The maximum Gasteiger partial charge on any atom is 0.490 e. The van der Waals surface area contributed by atoms with Crippen molar-refractivity contribution in [1.29, 1.82) is 0 Å². The highest BCUT2D eigenvalue weighted by Crippen LogP contribution is 2.31. The van der Waals surface area contributed by atoms with E-state index in [1.54, 1.807) is 0 Å². The van der Waals surface area contributed by atoms with Crippen LogP contribution < -0.4 is 5.73 Å². The molecule has 19 heavy (non-hydrogen) atoms. The van der Waals surface area contributed by atoms with Crippen LogP contribution in [0.15, 0.2) is 18.2 Å². The van der Waals surface area contributed by atoms with Crippen LogP contribution in [0.3, 0.4) is 0 Å². The van der Waals surface area contributed by atoms with Crippen molar-refractivity contribution in [2.45, 2.75) is 12.4 Å². The fourth-order valence-corrected chi connectivity index (χ4v) is 0.761. The number of nitrogen functional groups attached to an aromatic ring is 1. The zero-order valence-corrected chi connectivity index (χ0v) is 8.81. The monoisotopic (exact) mass is 293 g/mol. The molecule has 0 aliphatic heterocycles. The number of carboxylic acids is 1. The number of nitrogens with two attached hydrogens (primary N) is 1. The van der Waals surface area contributed by atoms with Crippen LogP contribution in [0, 0.1) is 5.82 Å². The van der Waals surface area contributed by atoms with E-state index >= 15 is 0 Å². The van der Waals surface area contributed by atoms with Gasteiger partial charge in [0.15, 0.2) is 0 Å². The summed E-state index contributed by atoms with van der Waals surface area (Å²) in [5, 5.41) is 7.12. The van der Waals surface area contributed by atoms with Gasteiger partial charge in [-0.2, -0.15) is 26.3 Å². The molecule has 10 heteroatoms. The molecule has 0 saturated heterocycles. The first-order valence-corrected chi connectivity index (χ1v) is 4.28. The van der Waals surface area contributed by atoms with Crippen LogP contribution >= 0.6 is 0 Å². The van der Waals surface area contributed by atoms with Crippen molar-refractivity contribution in [3.8, 4) is 0 Å². The lowest BCUT2D eigenvalue weighted by atomic mass is 10.2. The summed E-state index contributed by atoms with van der Waals surface area (Å²) in [6, 6.07) is 2.26. The number of carboxylic acid groups (broad SMARTS) is 1. The molecule has 0 atom stereocenters. The van der Waals surface area contributed by atoms with Crippen LogP contribution in [-0.2, 0) is 11.0 Å². The van der Waals surface area contributed by atoms with Gasteiger partial charge in [-0.3, -0.25) is 0 Å². The normalized spacial score (nSPS) is 11.5. The third kappa shape index (κ3) is 5.93. The summed E-state index contributed by atoms with van der Waals surface area (Å²) in [5.74, 6) is -4.10. The molecule has 108 valence electrons. The largest absolute Gasteiger partial charge is 0.490 e. The maximum atomic E-state index is 12.5. The molecule has 0 radical (unpaired) electrons. The van der Waals surface area contributed by atoms with E-state index in [9.17, 15) is 30.7 Å². The number of hydrogen-bond donors (Lipinski definition) is 2. The molecule has 0 amide bonds. The molecular formula is C9H6F7NO2. The Kier molecular flexibility index (Phi) is 5.15. The average Bonchev–Trinajstić information content (AvgIpc) is 2.14. The van der Waals surface area contributed by atoms with Crippen molar-refractivity contribution < 1.29 is 40.6 Å². The van der Waals surface area contributed by atoms with Gasteiger partial charge in [-0.15, -0.1) is 0 Å². The summed E-state index contributed by atoms with van der Waals surface area (Å²) in [5.41, 5.74) is 3.74. The van der Waals surface area contributed by atoms with Crippen LogP contribution in [0.2, 0.25) is 0 Å². The molecule has 0 spiro atoms. The van der Waals surface area contributed by atoms with E-state index < -0.39 is 29.7 Å². The fourth-order valence-electron chi connectivity index (χ4n) is 0.761. The summed E-state index contributed by atoms with van der Waals surface area (Å²) in [4.78, 5) is 8.90. The van der Waals surface area contributed by atoms with Gasteiger partial charge in [0.1, 0.15) is 5.82 Å². The van der Waals surface area contributed by atoms with Crippen molar-refractivity contribution in [3.05, 3.63) is 29.6 Å². The molecule has 0 aliphatic carbocycles. The SMILES string of the molecule is Nc1ccc(C(F)(F)F)c(F)c1.O=C(O)C(F)(F)F. The Balaban J connectivity index is 0.000000399. The molecule has 3 nitrogen and oxygen atoms in total. The van der Waals surface area contributed by atoms with E-state index in [2.05, 4.69) is 0 Å². The summed E-state index contributed by atoms with van der Waals surface area (Å²) >= 11 is 0. The van der Waals surface area contributed by atoms with Gasteiger partial charge in [-0.05, 0) is 18.2 Å². The smallest absolute Gasteiger partial charge is 0.475 e. The molecule has 0 aromatic heterocycles. The minimum atomic E-state index is -5.08. The molecule has 0 aliphatic rings. The molecule has 0 heterocycles. The highest BCUT2D eigenvalue weighted by molar-refractivity contribution is 5.73. The summed E-state index contributed by atoms with van der Waals surface area (Å²) < 4.78 is 80.0. The Morgan fingerprint density at radius 1 is 1.11 bits per heavy atom. The van der Waals surface area contributed by atoms with Gasteiger partial charge in [0.2, 0.25) is 0 Å². The summed E-state index contributed by atoms with van der Waals surface area (Å²) in [6.45, 7) is 0. The minimum absolute atomic E-state index is 0.0273. The first kappa shape index (κ1) is 17.0. The van der Waals surface area contributed by atoms with E-state index in [0.29, 0.717) is 12.1 Å². The van der Waals surface area contributed by atoms with Gasteiger partial charge < -0.3 is 10.8 Å². The van der Waals surface area contributed by atoms with Gasteiger partial charge in [0.25, 0.3) is 0 Å². The first-order valence-electron chi connectivity index (χ1n) is 4.28. The lowest BCUT2D eigenvalue weighted by Gasteiger charge is -2.07. The van der Waals surface area contributed by atoms with Crippen LogP contribution in [0.25, 0.3) is 0 Å². The van der Waals surface area contributed by atoms with E-state index in [1.165, 1.54) is 0 Å². The summed E-state index contributed by atoms with van der Waals surface area (Å²) in [7, 11) is 0. The van der Waals surface area contributed by atoms with Crippen molar-refractivity contribution in [3.63, 3.8) is 0 Å². The lowest BCUT2D eigenvalue weighted by molar-refractivity contribution is -0.192.